The Bertz CT molecular complexity index is 1780. The second-order valence-corrected chi connectivity index (χ2v) is 11.1. The number of amides is 2. The van der Waals surface area contributed by atoms with Crippen molar-refractivity contribution >= 4 is 34.8 Å². The maximum Gasteiger partial charge on any atom is 0.405 e. The number of carbonyl (C=O) groups is 3. The van der Waals surface area contributed by atoms with E-state index in [1.165, 1.54) is 17.4 Å². The number of nitrogens with zero attached hydrogens (tertiary/aromatic N) is 1. The predicted octanol–water partition coefficient (Wildman–Crippen LogP) is 5.73. The molecule has 0 spiro atoms. The molecule has 0 fully saturated rings. The number of carboxylic acid groups (broad SMARTS) is 1. The maximum atomic E-state index is 14.0. The molecule has 2 amide bonds. The third-order valence-electron chi connectivity index (χ3n) is 7.12. The lowest BCUT2D eigenvalue weighted by molar-refractivity contribution is -0.123. The topological polar surface area (TPSA) is 144 Å². The lowest BCUT2D eigenvalue weighted by Crippen LogP contribution is -2.34. The van der Waals surface area contributed by atoms with Gasteiger partial charge in [-0.15, -0.1) is 11.3 Å². The molecule has 0 bridgehead atoms. The summed E-state index contributed by atoms with van der Waals surface area (Å²) in [6.07, 6.45) is -4.04. The zero-order valence-corrected chi connectivity index (χ0v) is 24.4. The number of anilines is 1. The number of carbonyl (C=O) groups excluding carboxylic acids is 2. The zero-order chi connectivity index (χ0) is 31.8. The number of carboxylic acids is 1. The summed E-state index contributed by atoms with van der Waals surface area (Å²) >= 11 is 1.48. The minimum absolute atomic E-state index is 0.0241. The van der Waals surface area contributed by atoms with Crippen molar-refractivity contribution in [2.45, 2.75) is 33.0 Å². The highest BCUT2D eigenvalue weighted by atomic mass is 32.1. The third-order valence-corrected chi connectivity index (χ3v) is 8.11. The number of halogens is 3. The highest BCUT2D eigenvalue weighted by Crippen LogP contribution is 2.43. The molecule has 9 nitrogen and oxygen atoms in total. The number of aryl methyl sites for hydroxylation is 2. The van der Waals surface area contributed by atoms with E-state index in [1.807, 2.05) is 37.4 Å². The number of nitrogens with two attached hydrogens (primary N) is 1. The quantitative estimate of drug-likeness (QED) is 0.206. The van der Waals surface area contributed by atoms with E-state index in [-0.39, 0.29) is 16.7 Å². The van der Waals surface area contributed by atoms with Gasteiger partial charge in [0.1, 0.15) is 18.0 Å². The van der Waals surface area contributed by atoms with Gasteiger partial charge in [-0.3, -0.25) is 9.59 Å². The Morgan fingerprint density at radius 1 is 1.02 bits per heavy atom. The highest BCUT2D eigenvalue weighted by molar-refractivity contribution is 7.13. The number of thiophene rings is 1. The van der Waals surface area contributed by atoms with Gasteiger partial charge < -0.3 is 26.2 Å². The van der Waals surface area contributed by atoms with Gasteiger partial charge in [0, 0.05) is 45.8 Å². The van der Waals surface area contributed by atoms with Gasteiger partial charge in [0.2, 0.25) is 0 Å². The Morgan fingerprint density at radius 3 is 2.41 bits per heavy atom. The smallest absolute Gasteiger partial charge is 0.405 e. The number of hydrogen-bond donors (Lipinski definition) is 4. The average molecular weight is 625 g/mol. The first-order valence-corrected chi connectivity index (χ1v) is 14.3. The molecule has 5 N–H and O–H groups in total. The summed E-state index contributed by atoms with van der Waals surface area (Å²) in [5.74, 6) is -2.87. The van der Waals surface area contributed by atoms with Crippen LogP contribution in [0.4, 0.5) is 18.9 Å². The van der Waals surface area contributed by atoms with Crippen LogP contribution in [0.1, 0.15) is 53.6 Å². The molecular weight excluding hydrogens is 597 g/mol. The number of hydrogen-bond acceptors (Lipinski definition) is 7. The summed E-state index contributed by atoms with van der Waals surface area (Å²) in [6, 6.07) is 11.3. The van der Waals surface area contributed by atoms with Gasteiger partial charge in [0.15, 0.2) is 5.69 Å². The summed E-state index contributed by atoms with van der Waals surface area (Å²) in [7, 11) is 0. The van der Waals surface area contributed by atoms with Crippen molar-refractivity contribution in [1.29, 1.82) is 0 Å². The number of rotatable bonds is 7. The van der Waals surface area contributed by atoms with Gasteiger partial charge in [-0.1, -0.05) is 12.1 Å². The Labute approximate surface area is 253 Å². The minimum Gasteiger partial charge on any atom is -0.493 e. The maximum absolute atomic E-state index is 14.0. The van der Waals surface area contributed by atoms with Crippen molar-refractivity contribution in [3.05, 3.63) is 87.0 Å². The van der Waals surface area contributed by atoms with Crippen LogP contribution in [0.15, 0.2) is 47.8 Å². The minimum atomic E-state index is -4.67. The van der Waals surface area contributed by atoms with Crippen LogP contribution in [-0.2, 0) is 13.0 Å². The van der Waals surface area contributed by atoms with E-state index in [2.05, 4.69) is 10.3 Å². The van der Waals surface area contributed by atoms with Gasteiger partial charge in [-0.25, -0.2) is 9.78 Å². The van der Waals surface area contributed by atoms with Crippen LogP contribution in [0.3, 0.4) is 0 Å². The number of aromatic carboxylic acids is 1. The van der Waals surface area contributed by atoms with Crippen LogP contribution < -0.4 is 21.1 Å². The van der Waals surface area contributed by atoms with Crippen molar-refractivity contribution in [2.75, 3.05) is 18.5 Å². The van der Waals surface area contributed by atoms with E-state index < -0.39 is 41.9 Å². The van der Waals surface area contributed by atoms with Crippen LogP contribution >= 0.6 is 11.3 Å². The van der Waals surface area contributed by atoms with Crippen molar-refractivity contribution in [3.63, 3.8) is 0 Å². The van der Waals surface area contributed by atoms with Crippen LogP contribution in [0.5, 0.6) is 5.75 Å². The van der Waals surface area contributed by atoms with E-state index in [0.717, 1.165) is 33.2 Å². The molecule has 0 saturated carbocycles. The molecule has 1 aliphatic heterocycles. The monoisotopic (exact) mass is 624 g/mol. The standard InChI is InChI=1S/C31H27F3N4O5S/c1-15-9-17(13-35)10-16(2)25(15)38-28(39)21-11-22-24(43-7-5-18-6-8-44-27(18)22)12-20(21)19-3-4-23(37-26(19)30(41)42)29(40)36-14-31(32,33)34/h3-4,6,8-12H,5,7,13-14,35H2,1-2H3,(H,36,40)(H,38,39)(H,41,42). The number of pyridine rings is 1. The average Bonchev–Trinajstić information content (AvgIpc) is 3.37. The van der Waals surface area contributed by atoms with Crippen molar-refractivity contribution in [3.8, 4) is 27.3 Å². The van der Waals surface area contributed by atoms with E-state index in [0.29, 0.717) is 36.6 Å². The molecule has 228 valence electrons. The fourth-order valence-corrected chi connectivity index (χ4v) is 6.09. The fourth-order valence-electron chi connectivity index (χ4n) is 5.11. The molecular formula is C31H27F3N4O5S. The fraction of sp³-hybridized carbons (Fsp3) is 0.226. The number of benzene rings is 2. The molecule has 3 heterocycles. The lowest BCUT2D eigenvalue weighted by atomic mass is 9.93. The Hall–Kier alpha value is -4.75. The van der Waals surface area contributed by atoms with E-state index in [4.69, 9.17) is 10.5 Å². The van der Waals surface area contributed by atoms with Crippen LogP contribution in [-0.4, -0.2) is 47.2 Å². The molecule has 5 rings (SSSR count). The first-order valence-electron chi connectivity index (χ1n) is 13.4. The third kappa shape index (κ3) is 6.29. The summed E-state index contributed by atoms with van der Waals surface area (Å²) in [5.41, 5.74) is 9.60. The van der Waals surface area contributed by atoms with Crippen LogP contribution in [0.25, 0.3) is 21.6 Å². The number of nitrogens with one attached hydrogen (secondary N) is 2. The number of aromatic nitrogens is 1. The molecule has 2 aromatic heterocycles. The summed E-state index contributed by atoms with van der Waals surface area (Å²) in [6.45, 7) is 2.72. The molecule has 0 radical (unpaired) electrons. The SMILES string of the molecule is Cc1cc(CN)cc(C)c1NC(=O)c1cc2c(cc1-c1ccc(C(=O)NCC(F)(F)F)nc1C(=O)O)OCCc1ccsc1-2. The summed E-state index contributed by atoms with van der Waals surface area (Å²) in [5, 5.41) is 16.6. The highest BCUT2D eigenvalue weighted by Gasteiger charge is 2.30. The van der Waals surface area contributed by atoms with E-state index in [9.17, 15) is 32.7 Å². The second-order valence-electron chi connectivity index (χ2n) is 10.2. The van der Waals surface area contributed by atoms with Crippen LogP contribution in [0.2, 0.25) is 0 Å². The molecule has 2 aromatic carbocycles. The van der Waals surface area contributed by atoms with Gasteiger partial charge in [-0.2, -0.15) is 13.2 Å². The Kier molecular flexibility index (Phi) is 8.44. The molecule has 44 heavy (non-hydrogen) atoms. The van der Waals surface area contributed by atoms with Crippen LogP contribution in [0, 0.1) is 13.8 Å². The predicted molar refractivity (Wildman–Crippen MR) is 159 cm³/mol. The largest absolute Gasteiger partial charge is 0.493 e. The number of alkyl halides is 3. The molecule has 0 unspecified atom stereocenters. The number of fused-ring (bicyclic) bond motifs is 3. The normalized spacial score (nSPS) is 12.4. The first-order chi connectivity index (χ1) is 20.9. The van der Waals surface area contributed by atoms with E-state index >= 15 is 0 Å². The summed E-state index contributed by atoms with van der Waals surface area (Å²) in [4.78, 5) is 43.5. The first kappa shape index (κ1) is 30.7. The van der Waals surface area contributed by atoms with Crippen molar-refractivity contribution < 1.29 is 37.4 Å². The van der Waals surface area contributed by atoms with E-state index in [1.54, 1.807) is 17.4 Å². The molecule has 1 aliphatic rings. The molecule has 0 saturated heterocycles. The van der Waals surface area contributed by atoms with Gasteiger partial charge >= 0.3 is 12.1 Å². The lowest BCUT2D eigenvalue weighted by Gasteiger charge is -2.18. The summed E-state index contributed by atoms with van der Waals surface area (Å²) < 4.78 is 44.0. The van der Waals surface area contributed by atoms with Gasteiger partial charge in [-0.05, 0) is 71.8 Å². The molecule has 0 atom stereocenters. The molecule has 13 heteroatoms. The van der Waals surface area contributed by atoms with Crippen molar-refractivity contribution in [1.82, 2.24) is 10.3 Å². The van der Waals surface area contributed by atoms with Gasteiger partial charge in [0.05, 0.1) is 6.61 Å². The second kappa shape index (κ2) is 12.1. The van der Waals surface area contributed by atoms with Gasteiger partial charge in [0.25, 0.3) is 11.8 Å². The Balaban J connectivity index is 1.65. The zero-order valence-electron chi connectivity index (χ0n) is 23.6. The van der Waals surface area contributed by atoms with Crippen molar-refractivity contribution in [2.24, 2.45) is 5.73 Å². The molecule has 0 aliphatic carbocycles. The number of ether oxygens (including phenoxy) is 1. The molecule has 4 aromatic rings. The Morgan fingerprint density at radius 2 is 1.75 bits per heavy atom.